The van der Waals surface area contributed by atoms with Gasteiger partial charge in [-0.2, -0.15) is 5.26 Å². The number of amides is 1. The molecular weight excluding hydrogens is 461 g/mol. The third-order valence-electron chi connectivity index (χ3n) is 7.43. The molecule has 0 saturated carbocycles. The molecule has 2 aromatic carbocycles. The lowest BCUT2D eigenvalue weighted by Crippen LogP contribution is -2.44. The minimum absolute atomic E-state index is 0.0110. The lowest BCUT2D eigenvalue weighted by molar-refractivity contribution is 0.0469. The van der Waals surface area contributed by atoms with Gasteiger partial charge in [0.1, 0.15) is 25.1 Å². The summed E-state index contributed by atoms with van der Waals surface area (Å²) in [7, 11) is 0. The molecule has 0 aromatic heterocycles. The Balaban J connectivity index is 1.03. The Labute approximate surface area is 211 Å². The molecule has 2 aromatic rings. The molecule has 5 rings (SSSR count). The predicted molar refractivity (Wildman–Crippen MR) is 131 cm³/mol. The van der Waals surface area contributed by atoms with E-state index in [0.717, 1.165) is 50.9 Å². The molecule has 36 heavy (non-hydrogen) atoms. The van der Waals surface area contributed by atoms with Crippen LogP contribution in [-0.4, -0.2) is 67.4 Å². The third kappa shape index (κ3) is 5.90. The second kappa shape index (κ2) is 11.2. The van der Waals surface area contributed by atoms with Gasteiger partial charge in [-0.1, -0.05) is 12.1 Å². The second-order valence-corrected chi connectivity index (χ2v) is 9.97. The van der Waals surface area contributed by atoms with Crippen molar-refractivity contribution in [3.05, 3.63) is 59.4 Å². The lowest BCUT2D eigenvalue weighted by Gasteiger charge is -2.36. The normalized spacial score (nSPS) is 22.3. The van der Waals surface area contributed by atoms with Gasteiger partial charge in [0.05, 0.1) is 17.7 Å². The Kier molecular flexibility index (Phi) is 7.57. The van der Waals surface area contributed by atoms with Crippen LogP contribution < -0.4 is 9.47 Å². The van der Waals surface area contributed by atoms with Gasteiger partial charge in [-0.25, -0.2) is 9.18 Å². The molecule has 2 saturated heterocycles. The number of likely N-dealkylation sites (tertiary alicyclic amines) is 1. The van der Waals surface area contributed by atoms with E-state index in [1.807, 2.05) is 4.90 Å². The summed E-state index contributed by atoms with van der Waals surface area (Å²) in [6, 6.07) is 13.9. The summed E-state index contributed by atoms with van der Waals surface area (Å²) in [5.41, 5.74) is 1.58. The predicted octanol–water partition coefficient (Wildman–Crippen LogP) is 4.39. The van der Waals surface area contributed by atoms with Crippen LogP contribution in [0.2, 0.25) is 0 Å². The number of nitriles is 1. The maximum absolute atomic E-state index is 13.2. The van der Waals surface area contributed by atoms with Crippen molar-refractivity contribution in [2.24, 2.45) is 5.92 Å². The second-order valence-electron chi connectivity index (χ2n) is 9.97. The first-order valence-corrected chi connectivity index (χ1v) is 12.8. The Morgan fingerprint density at radius 3 is 2.61 bits per heavy atom. The van der Waals surface area contributed by atoms with Gasteiger partial charge in [-0.15, -0.1) is 0 Å². The van der Waals surface area contributed by atoms with Crippen molar-refractivity contribution in [3.8, 4) is 17.6 Å². The van der Waals surface area contributed by atoms with Crippen LogP contribution in [0.1, 0.15) is 36.8 Å². The van der Waals surface area contributed by atoms with Gasteiger partial charge in [-0.05, 0) is 80.9 Å². The fourth-order valence-electron chi connectivity index (χ4n) is 5.40. The smallest absolute Gasteiger partial charge is 0.410 e. The highest BCUT2D eigenvalue weighted by Gasteiger charge is 2.33. The number of fused-ring (bicyclic) bond motifs is 1. The number of halogens is 1. The van der Waals surface area contributed by atoms with Crippen LogP contribution in [0.25, 0.3) is 0 Å². The van der Waals surface area contributed by atoms with Crippen molar-refractivity contribution in [2.75, 3.05) is 39.4 Å². The van der Waals surface area contributed by atoms with Crippen LogP contribution in [0.5, 0.6) is 11.5 Å². The Morgan fingerprint density at radius 2 is 1.83 bits per heavy atom. The molecule has 3 aliphatic heterocycles. The maximum atomic E-state index is 13.2. The molecular formula is C28H32FN3O4. The molecule has 0 N–H and O–H groups in total. The number of benzene rings is 2. The van der Waals surface area contributed by atoms with E-state index in [-0.39, 0.29) is 24.1 Å². The Bertz CT molecular complexity index is 1090. The van der Waals surface area contributed by atoms with Gasteiger partial charge in [0.2, 0.25) is 0 Å². The molecule has 0 spiro atoms. The molecule has 3 heterocycles. The zero-order chi connectivity index (χ0) is 24.9. The van der Waals surface area contributed by atoms with Crippen molar-refractivity contribution in [2.45, 2.75) is 44.2 Å². The summed E-state index contributed by atoms with van der Waals surface area (Å²) in [4.78, 5) is 16.5. The molecule has 2 atom stereocenters. The van der Waals surface area contributed by atoms with Crippen LogP contribution in [0, 0.1) is 23.1 Å². The molecule has 1 amide bonds. The molecule has 190 valence electrons. The first-order valence-electron chi connectivity index (χ1n) is 12.8. The third-order valence-corrected chi connectivity index (χ3v) is 7.43. The highest BCUT2D eigenvalue weighted by atomic mass is 19.1. The molecule has 0 radical (unpaired) electrons. The van der Waals surface area contributed by atoms with Crippen molar-refractivity contribution in [1.29, 1.82) is 5.26 Å². The first-order chi connectivity index (χ1) is 17.6. The fraction of sp³-hybridized carbons (Fsp3) is 0.500. The van der Waals surface area contributed by atoms with Crippen molar-refractivity contribution >= 4 is 6.09 Å². The zero-order valence-electron chi connectivity index (χ0n) is 20.4. The molecule has 2 fully saturated rings. The molecule has 0 bridgehead atoms. The first kappa shape index (κ1) is 24.4. The number of carbonyl (C=O) groups excluding carboxylic acids is 1. The van der Waals surface area contributed by atoms with E-state index in [0.29, 0.717) is 49.2 Å². The van der Waals surface area contributed by atoms with Gasteiger partial charge in [-0.3, -0.25) is 4.90 Å². The lowest BCUT2D eigenvalue weighted by atomic mass is 9.92. The molecule has 0 unspecified atom stereocenters. The highest BCUT2D eigenvalue weighted by Crippen LogP contribution is 2.33. The monoisotopic (exact) mass is 493 g/mol. The number of hydrogen-bond acceptors (Lipinski definition) is 6. The minimum atomic E-state index is -0.250. The summed E-state index contributed by atoms with van der Waals surface area (Å²) >= 11 is 0. The average Bonchev–Trinajstić information content (AvgIpc) is 3.24. The number of hydrogen-bond donors (Lipinski definition) is 0. The van der Waals surface area contributed by atoms with E-state index in [1.54, 1.807) is 30.3 Å². The topological polar surface area (TPSA) is 75.0 Å². The van der Waals surface area contributed by atoms with E-state index < -0.39 is 0 Å². The van der Waals surface area contributed by atoms with E-state index in [2.05, 4.69) is 11.0 Å². The summed E-state index contributed by atoms with van der Waals surface area (Å²) in [6.07, 6.45) is 4.71. The molecule has 0 aliphatic carbocycles. The number of ether oxygens (including phenoxy) is 3. The van der Waals surface area contributed by atoms with Gasteiger partial charge >= 0.3 is 6.09 Å². The van der Waals surface area contributed by atoms with Crippen LogP contribution in [0.3, 0.4) is 0 Å². The van der Waals surface area contributed by atoms with Gasteiger partial charge < -0.3 is 19.1 Å². The Hall–Kier alpha value is -3.31. The zero-order valence-corrected chi connectivity index (χ0v) is 20.4. The van der Waals surface area contributed by atoms with E-state index in [1.165, 1.54) is 12.1 Å². The number of cyclic esters (lactones) is 1. The standard InChI is InChI=1S/C28H32FN3O4/c29-23-6-3-21(4-7-23)14-24-18-35-28(33)32(24)11-1-2-20-9-12-31(13-10-20)17-25-19-34-26-8-5-22(16-30)15-27(26)36-25/h3-8,15,20,24-25H,1-2,9-14,17-19H2/t24-,25-/m0/s1. The summed E-state index contributed by atoms with van der Waals surface area (Å²) in [5.74, 6) is 1.75. The molecule has 3 aliphatic rings. The fourth-order valence-corrected chi connectivity index (χ4v) is 5.40. The number of piperidine rings is 1. The summed E-state index contributed by atoms with van der Waals surface area (Å²) in [6.45, 7) is 4.46. The summed E-state index contributed by atoms with van der Waals surface area (Å²) < 4.78 is 30.4. The maximum Gasteiger partial charge on any atom is 0.410 e. The number of nitrogens with zero attached hydrogens (tertiary/aromatic N) is 3. The van der Waals surface area contributed by atoms with E-state index in [4.69, 9.17) is 19.5 Å². The van der Waals surface area contributed by atoms with Crippen LogP contribution in [0.4, 0.5) is 9.18 Å². The van der Waals surface area contributed by atoms with Crippen LogP contribution in [0.15, 0.2) is 42.5 Å². The molecule has 8 heteroatoms. The largest absolute Gasteiger partial charge is 0.486 e. The minimum Gasteiger partial charge on any atom is -0.486 e. The van der Waals surface area contributed by atoms with Crippen LogP contribution in [-0.2, 0) is 11.2 Å². The highest BCUT2D eigenvalue weighted by molar-refractivity contribution is 5.70. The van der Waals surface area contributed by atoms with Gasteiger partial charge in [0, 0.05) is 19.2 Å². The molecule has 7 nitrogen and oxygen atoms in total. The SMILES string of the molecule is N#Cc1ccc2c(c1)O[C@@H](CN1CCC(CCCN3C(=O)OC[C@@H]3Cc3ccc(F)cc3)CC1)CO2. The van der Waals surface area contributed by atoms with Crippen molar-refractivity contribution < 1.29 is 23.4 Å². The van der Waals surface area contributed by atoms with Gasteiger partial charge in [0.25, 0.3) is 0 Å². The summed E-state index contributed by atoms with van der Waals surface area (Å²) in [5, 5.41) is 9.12. The quantitative estimate of drug-likeness (QED) is 0.543. The Morgan fingerprint density at radius 1 is 1.03 bits per heavy atom. The number of rotatable bonds is 8. The van der Waals surface area contributed by atoms with Crippen LogP contribution >= 0.6 is 0 Å². The average molecular weight is 494 g/mol. The van der Waals surface area contributed by atoms with E-state index >= 15 is 0 Å². The van der Waals surface area contributed by atoms with Gasteiger partial charge in [0.15, 0.2) is 11.5 Å². The van der Waals surface area contributed by atoms with Crippen molar-refractivity contribution in [3.63, 3.8) is 0 Å². The van der Waals surface area contributed by atoms with E-state index in [9.17, 15) is 9.18 Å². The van der Waals surface area contributed by atoms with Crippen molar-refractivity contribution in [1.82, 2.24) is 9.80 Å². The number of carbonyl (C=O) groups is 1.